The van der Waals surface area contributed by atoms with Crippen LogP contribution in [-0.2, 0) is 13.0 Å². The highest BCUT2D eigenvalue weighted by Gasteiger charge is 2.33. The van der Waals surface area contributed by atoms with Crippen LogP contribution in [0.4, 0.5) is 5.82 Å². The van der Waals surface area contributed by atoms with Crippen molar-refractivity contribution in [2.75, 3.05) is 5.73 Å². The van der Waals surface area contributed by atoms with Gasteiger partial charge >= 0.3 is 0 Å². The fourth-order valence-corrected chi connectivity index (χ4v) is 3.05. The van der Waals surface area contributed by atoms with Crippen molar-refractivity contribution in [2.45, 2.75) is 33.7 Å². The molecule has 4 nitrogen and oxygen atoms in total. The molecule has 0 unspecified atom stereocenters. The average Bonchev–Trinajstić information content (AvgIpc) is 2.85. The number of nitrogen functional groups attached to an aromatic ring is 1. The van der Waals surface area contributed by atoms with E-state index in [1.165, 1.54) is 5.69 Å². The molecule has 0 saturated carbocycles. The largest absolute Gasteiger partial charge is 0.384 e. The van der Waals surface area contributed by atoms with Gasteiger partial charge in [0.05, 0.1) is 0 Å². The minimum atomic E-state index is 0.198. The monoisotopic (exact) mass is 266 g/mol. The third-order valence-electron chi connectivity index (χ3n) is 3.97. The molecule has 0 aliphatic carbocycles. The molecule has 0 amide bonds. The van der Waals surface area contributed by atoms with Gasteiger partial charge in [0.2, 0.25) is 0 Å². The van der Waals surface area contributed by atoms with Gasteiger partial charge in [0.15, 0.2) is 0 Å². The molecule has 0 atom stereocenters. The zero-order valence-electron chi connectivity index (χ0n) is 12.1. The maximum absolute atomic E-state index is 9.35. The second kappa shape index (κ2) is 4.11. The van der Waals surface area contributed by atoms with Crippen LogP contribution in [0.2, 0.25) is 0 Å². The maximum atomic E-state index is 9.35. The van der Waals surface area contributed by atoms with Crippen molar-refractivity contribution >= 4 is 5.82 Å². The fourth-order valence-electron chi connectivity index (χ4n) is 3.05. The zero-order chi connectivity index (χ0) is 14.5. The van der Waals surface area contributed by atoms with Crippen LogP contribution in [0.25, 0.3) is 11.1 Å². The first-order chi connectivity index (χ1) is 9.41. The van der Waals surface area contributed by atoms with Gasteiger partial charge in [-0.25, -0.2) is 4.98 Å². The molecule has 102 valence electrons. The van der Waals surface area contributed by atoms with E-state index in [2.05, 4.69) is 29.5 Å². The molecule has 4 heteroatoms. The highest BCUT2D eigenvalue weighted by Crippen LogP contribution is 2.40. The Morgan fingerprint density at radius 2 is 2.10 bits per heavy atom. The Hall–Kier alpha value is -2.28. The van der Waals surface area contributed by atoms with Crippen LogP contribution in [-0.4, -0.2) is 9.55 Å². The normalized spacial score (nSPS) is 15.9. The molecule has 2 N–H and O–H groups in total. The van der Waals surface area contributed by atoms with E-state index < -0.39 is 0 Å². The van der Waals surface area contributed by atoms with Crippen LogP contribution in [0.1, 0.15) is 30.8 Å². The number of aromatic nitrogens is 2. The number of nitrogens with zero attached hydrogens (tertiary/aromatic N) is 3. The summed E-state index contributed by atoms with van der Waals surface area (Å²) in [5.74, 6) is 0.515. The molecule has 0 bridgehead atoms. The van der Waals surface area contributed by atoms with E-state index in [0.29, 0.717) is 5.82 Å². The Bertz CT molecular complexity index is 732. The number of hydrogen-bond acceptors (Lipinski definition) is 3. The number of pyridine rings is 1. The highest BCUT2D eigenvalue weighted by molar-refractivity contribution is 5.73. The van der Waals surface area contributed by atoms with E-state index in [4.69, 9.17) is 5.73 Å². The molecule has 0 spiro atoms. The summed E-state index contributed by atoms with van der Waals surface area (Å²) in [6.07, 6.45) is 2.77. The topological polar surface area (TPSA) is 67.6 Å². The third kappa shape index (κ3) is 1.87. The number of fused-ring (bicyclic) bond motifs is 1. The quantitative estimate of drug-likeness (QED) is 0.863. The lowest BCUT2D eigenvalue weighted by atomic mass is 9.89. The summed E-state index contributed by atoms with van der Waals surface area (Å²) in [6.45, 7) is 7.39. The standard InChI is InChI=1S/C16H18N4/c1-10-8-19-15(18)5-12(10)13-4-11(7-17)20-9-16(2,3)6-14(13)20/h4-5,8H,6,9H2,1-3H3,(H2,18,19). The van der Waals surface area contributed by atoms with Gasteiger partial charge in [0.1, 0.15) is 17.6 Å². The molecule has 0 aromatic carbocycles. The Balaban J connectivity index is 2.22. The van der Waals surface area contributed by atoms with Gasteiger partial charge in [-0.1, -0.05) is 13.8 Å². The first-order valence-corrected chi connectivity index (χ1v) is 6.76. The van der Waals surface area contributed by atoms with Crippen molar-refractivity contribution in [3.8, 4) is 17.2 Å². The predicted octanol–water partition coefficient (Wildman–Crippen LogP) is 2.89. The molecule has 3 heterocycles. The van der Waals surface area contributed by atoms with Crippen molar-refractivity contribution in [3.05, 3.63) is 35.3 Å². The van der Waals surface area contributed by atoms with Crippen LogP contribution < -0.4 is 5.73 Å². The van der Waals surface area contributed by atoms with Gasteiger partial charge in [0.25, 0.3) is 0 Å². The number of nitriles is 1. The lowest BCUT2D eigenvalue weighted by Gasteiger charge is -2.15. The second-order valence-corrected chi connectivity index (χ2v) is 6.35. The second-order valence-electron chi connectivity index (χ2n) is 6.35. The average molecular weight is 266 g/mol. The molecule has 1 aliphatic rings. The highest BCUT2D eigenvalue weighted by atomic mass is 15.0. The minimum absolute atomic E-state index is 0.198. The van der Waals surface area contributed by atoms with Gasteiger partial charge in [-0.15, -0.1) is 0 Å². The van der Waals surface area contributed by atoms with Crippen molar-refractivity contribution < 1.29 is 0 Å². The van der Waals surface area contributed by atoms with Crippen molar-refractivity contribution in [1.29, 1.82) is 5.26 Å². The summed E-state index contributed by atoms with van der Waals surface area (Å²) in [5, 5.41) is 9.35. The van der Waals surface area contributed by atoms with Crippen molar-refractivity contribution in [3.63, 3.8) is 0 Å². The number of nitrogens with two attached hydrogens (primary N) is 1. The minimum Gasteiger partial charge on any atom is -0.384 e. The van der Waals surface area contributed by atoms with Crippen LogP contribution in [0.3, 0.4) is 0 Å². The molecule has 0 saturated heterocycles. The third-order valence-corrected chi connectivity index (χ3v) is 3.97. The predicted molar refractivity (Wildman–Crippen MR) is 79.0 cm³/mol. The lowest BCUT2D eigenvalue weighted by Crippen LogP contribution is -2.13. The first-order valence-electron chi connectivity index (χ1n) is 6.76. The summed E-state index contributed by atoms with van der Waals surface area (Å²) < 4.78 is 2.14. The van der Waals surface area contributed by atoms with Crippen molar-refractivity contribution in [2.24, 2.45) is 5.41 Å². The van der Waals surface area contributed by atoms with Crippen LogP contribution in [0, 0.1) is 23.7 Å². The summed E-state index contributed by atoms with van der Waals surface area (Å²) >= 11 is 0. The SMILES string of the molecule is Cc1cnc(N)cc1-c1cc(C#N)n2c1CC(C)(C)C2. The van der Waals surface area contributed by atoms with Crippen LogP contribution >= 0.6 is 0 Å². The number of rotatable bonds is 1. The number of hydrogen-bond donors (Lipinski definition) is 1. The summed E-state index contributed by atoms with van der Waals surface area (Å²) in [4.78, 5) is 4.12. The molecule has 1 aliphatic heterocycles. The van der Waals surface area contributed by atoms with Crippen LogP contribution in [0.15, 0.2) is 18.3 Å². The molecule has 3 rings (SSSR count). The Labute approximate surface area is 118 Å². The van der Waals surface area contributed by atoms with E-state index >= 15 is 0 Å². The van der Waals surface area contributed by atoms with Crippen LogP contribution in [0.5, 0.6) is 0 Å². The summed E-state index contributed by atoms with van der Waals surface area (Å²) in [5.41, 5.74) is 11.3. The Morgan fingerprint density at radius 1 is 1.35 bits per heavy atom. The van der Waals surface area contributed by atoms with Gasteiger partial charge in [-0.3, -0.25) is 0 Å². The summed E-state index contributed by atoms with van der Waals surface area (Å²) in [7, 11) is 0. The molecule has 0 fully saturated rings. The molecule has 2 aromatic heterocycles. The fraction of sp³-hybridized carbons (Fsp3) is 0.375. The molecule has 2 aromatic rings. The van der Waals surface area contributed by atoms with E-state index in [1.807, 2.05) is 19.1 Å². The van der Waals surface area contributed by atoms with Gasteiger partial charge < -0.3 is 10.3 Å². The molecular formula is C16H18N4. The van der Waals surface area contributed by atoms with Gasteiger partial charge in [-0.2, -0.15) is 5.26 Å². The van der Waals surface area contributed by atoms with Gasteiger partial charge in [-0.05, 0) is 42.0 Å². The smallest absolute Gasteiger partial charge is 0.123 e. The van der Waals surface area contributed by atoms with E-state index in [-0.39, 0.29) is 5.41 Å². The first kappa shape index (κ1) is 12.7. The summed E-state index contributed by atoms with van der Waals surface area (Å²) in [6, 6.07) is 6.18. The Morgan fingerprint density at radius 3 is 2.80 bits per heavy atom. The van der Waals surface area contributed by atoms with Gasteiger partial charge in [0, 0.05) is 24.0 Å². The van der Waals surface area contributed by atoms with E-state index in [0.717, 1.165) is 35.3 Å². The maximum Gasteiger partial charge on any atom is 0.123 e. The molecular weight excluding hydrogens is 248 g/mol. The zero-order valence-corrected chi connectivity index (χ0v) is 12.1. The van der Waals surface area contributed by atoms with E-state index in [9.17, 15) is 5.26 Å². The number of aryl methyl sites for hydroxylation is 1. The Kier molecular flexibility index (Phi) is 2.62. The molecule has 20 heavy (non-hydrogen) atoms. The molecule has 0 radical (unpaired) electrons. The number of anilines is 1. The van der Waals surface area contributed by atoms with Crippen molar-refractivity contribution in [1.82, 2.24) is 9.55 Å². The van der Waals surface area contributed by atoms with E-state index in [1.54, 1.807) is 6.20 Å². The lowest BCUT2D eigenvalue weighted by molar-refractivity contribution is 0.358.